The van der Waals surface area contributed by atoms with E-state index >= 15 is 0 Å². The molecule has 2 atom stereocenters. The molecule has 0 radical (unpaired) electrons. The standard InChI is InChI=1S/C21H26N4O3/c1-13(2)25-20(26)16-6-4-5-7-17(16)24(21(25)27)12-18-22-19(23-28-18)15-10-8-14(3)9-11-15/h8-11,13,16-17H,4-7,12H2,1-3H3. The van der Waals surface area contributed by atoms with E-state index in [1.165, 1.54) is 4.90 Å². The van der Waals surface area contributed by atoms with Crippen molar-refractivity contribution in [3.63, 3.8) is 0 Å². The predicted molar refractivity (Wildman–Crippen MR) is 103 cm³/mol. The lowest BCUT2D eigenvalue weighted by Crippen LogP contribution is -2.63. The first-order chi connectivity index (χ1) is 13.5. The number of benzene rings is 1. The fourth-order valence-corrected chi connectivity index (χ4v) is 4.27. The lowest BCUT2D eigenvalue weighted by Gasteiger charge is -2.47. The second kappa shape index (κ2) is 7.37. The largest absolute Gasteiger partial charge is 0.337 e. The van der Waals surface area contributed by atoms with Crippen LogP contribution in [0.25, 0.3) is 11.4 Å². The molecule has 28 heavy (non-hydrogen) atoms. The number of amides is 3. The fourth-order valence-electron chi connectivity index (χ4n) is 4.27. The first-order valence-electron chi connectivity index (χ1n) is 9.99. The Morgan fingerprint density at radius 2 is 1.86 bits per heavy atom. The molecule has 2 aromatic rings. The van der Waals surface area contributed by atoms with E-state index in [0.29, 0.717) is 11.7 Å². The summed E-state index contributed by atoms with van der Waals surface area (Å²) in [5.41, 5.74) is 2.04. The normalized spacial score (nSPS) is 22.7. The Morgan fingerprint density at radius 3 is 2.57 bits per heavy atom. The van der Waals surface area contributed by atoms with Gasteiger partial charge in [0.25, 0.3) is 0 Å². The number of carbonyl (C=O) groups excluding carboxylic acids is 2. The highest BCUT2D eigenvalue weighted by molar-refractivity contribution is 5.99. The summed E-state index contributed by atoms with van der Waals surface area (Å²) in [6.07, 6.45) is 3.72. The molecule has 1 aliphatic carbocycles. The van der Waals surface area contributed by atoms with Crippen molar-refractivity contribution in [2.45, 2.75) is 65.1 Å². The van der Waals surface area contributed by atoms with Crippen LogP contribution in [0.15, 0.2) is 28.8 Å². The van der Waals surface area contributed by atoms with Crippen LogP contribution in [0.2, 0.25) is 0 Å². The molecule has 1 aromatic carbocycles. The molecule has 0 spiro atoms. The number of rotatable bonds is 4. The maximum Gasteiger partial charge on any atom is 0.327 e. The molecular weight excluding hydrogens is 356 g/mol. The minimum absolute atomic E-state index is 0.0353. The molecule has 148 valence electrons. The molecule has 1 aromatic heterocycles. The van der Waals surface area contributed by atoms with Gasteiger partial charge in [-0.2, -0.15) is 4.98 Å². The van der Waals surface area contributed by atoms with Gasteiger partial charge in [-0.1, -0.05) is 47.8 Å². The molecule has 1 saturated heterocycles. The Balaban J connectivity index is 1.59. The zero-order valence-corrected chi connectivity index (χ0v) is 16.6. The van der Waals surface area contributed by atoms with E-state index in [1.54, 1.807) is 4.90 Å². The molecule has 2 aliphatic rings. The number of imide groups is 1. The topological polar surface area (TPSA) is 79.5 Å². The third-order valence-electron chi connectivity index (χ3n) is 5.74. The quantitative estimate of drug-likeness (QED) is 0.804. The van der Waals surface area contributed by atoms with Crippen LogP contribution in [0.1, 0.15) is 51.0 Å². The molecule has 7 nitrogen and oxygen atoms in total. The molecule has 0 N–H and O–H groups in total. The zero-order valence-electron chi connectivity index (χ0n) is 16.6. The molecule has 1 aliphatic heterocycles. The highest BCUT2D eigenvalue weighted by Crippen LogP contribution is 2.36. The van der Waals surface area contributed by atoms with Gasteiger partial charge in [-0.15, -0.1) is 0 Å². The van der Waals surface area contributed by atoms with Crippen molar-refractivity contribution in [3.05, 3.63) is 35.7 Å². The van der Waals surface area contributed by atoms with Crippen molar-refractivity contribution in [2.75, 3.05) is 0 Å². The minimum Gasteiger partial charge on any atom is -0.337 e. The van der Waals surface area contributed by atoms with E-state index in [9.17, 15) is 9.59 Å². The summed E-state index contributed by atoms with van der Waals surface area (Å²) in [4.78, 5) is 33.6. The molecule has 4 rings (SSSR count). The van der Waals surface area contributed by atoms with Crippen LogP contribution in [-0.2, 0) is 11.3 Å². The monoisotopic (exact) mass is 382 g/mol. The number of carbonyl (C=O) groups is 2. The van der Waals surface area contributed by atoms with Gasteiger partial charge in [0.15, 0.2) is 0 Å². The van der Waals surface area contributed by atoms with Crippen LogP contribution < -0.4 is 0 Å². The van der Waals surface area contributed by atoms with E-state index in [-0.39, 0.29) is 36.5 Å². The van der Waals surface area contributed by atoms with Crippen LogP contribution in [0.5, 0.6) is 0 Å². The van der Waals surface area contributed by atoms with E-state index in [1.807, 2.05) is 45.0 Å². The van der Waals surface area contributed by atoms with E-state index < -0.39 is 0 Å². The molecule has 0 bridgehead atoms. The Bertz CT molecular complexity index is 874. The van der Waals surface area contributed by atoms with Crippen molar-refractivity contribution in [1.82, 2.24) is 19.9 Å². The Kier molecular flexibility index (Phi) is 4.91. The molecule has 2 heterocycles. The van der Waals surface area contributed by atoms with Gasteiger partial charge >= 0.3 is 6.03 Å². The molecule has 2 unspecified atom stereocenters. The molecule has 2 fully saturated rings. The zero-order chi connectivity index (χ0) is 19.8. The number of aromatic nitrogens is 2. The van der Waals surface area contributed by atoms with Crippen LogP contribution in [0.4, 0.5) is 4.79 Å². The average molecular weight is 382 g/mol. The summed E-state index contributed by atoms with van der Waals surface area (Å²) in [7, 11) is 0. The van der Waals surface area contributed by atoms with Gasteiger partial charge in [-0.3, -0.25) is 9.69 Å². The maximum absolute atomic E-state index is 13.1. The summed E-state index contributed by atoms with van der Waals surface area (Å²) in [5.74, 6) is 0.739. The molecule has 1 saturated carbocycles. The summed E-state index contributed by atoms with van der Waals surface area (Å²) in [6, 6.07) is 7.39. The highest BCUT2D eigenvalue weighted by Gasteiger charge is 2.48. The van der Waals surface area contributed by atoms with Crippen molar-refractivity contribution in [3.8, 4) is 11.4 Å². The number of aryl methyl sites for hydroxylation is 1. The lowest BCUT2D eigenvalue weighted by molar-refractivity contribution is -0.142. The van der Waals surface area contributed by atoms with Crippen LogP contribution in [0.3, 0.4) is 0 Å². The van der Waals surface area contributed by atoms with Gasteiger partial charge in [-0.25, -0.2) is 4.79 Å². The van der Waals surface area contributed by atoms with Gasteiger partial charge < -0.3 is 9.42 Å². The van der Waals surface area contributed by atoms with Gasteiger partial charge in [0.05, 0.1) is 5.92 Å². The number of hydrogen-bond acceptors (Lipinski definition) is 5. The number of nitrogens with zero attached hydrogens (tertiary/aromatic N) is 4. The maximum atomic E-state index is 13.1. The second-order valence-corrected chi connectivity index (χ2v) is 8.05. The Morgan fingerprint density at radius 1 is 1.14 bits per heavy atom. The Hall–Kier alpha value is -2.70. The number of urea groups is 1. The molecular formula is C21H26N4O3. The lowest BCUT2D eigenvalue weighted by atomic mass is 9.81. The van der Waals surface area contributed by atoms with E-state index in [2.05, 4.69) is 10.1 Å². The average Bonchev–Trinajstić information content (AvgIpc) is 3.14. The third kappa shape index (κ3) is 3.30. The predicted octanol–water partition coefficient (Wildman–Crippen LogP) is 3.78. The van der Waals surface area contributed by atoms with E-state index in [0.717, 1.165) is 36.8 Å². The summed E-state index contributed by atoms with van der Waals surface area (Å²) in [5, 5.41) is 4.08. The van der Waals surface area contributed by atoms with Gasteiger partial charge in [-0.05, 0) is 33.6 Å². The van der Waals surface area contributed by atoms with Crippen molar-refractivity contribution >= 4 is 11.9 Å². The smallest absolute Gasteiger partial charge is 0.327 e. The van der Waals surface area contributed by atoms with Crippen LogP contribution in [-0.4, -0.2) is 44.0 Å². The highest BCUT2D eigenvalue weighted by atomic mass is 16.5. The van der Waals surface area contributed by atoms with Gasteiger partial charge in [0, 0.05) is 17.6 Å². The SMILES string of the molecule is Cc1ccc(-c2noc(CN3C(=O)N(C(C)C)C(=O)C4CCCCC43)n2)cc1. The fraction of sp³-hybridized carbons (Fsp3) is 0.524. The number of fused-ring (bicyclic) bond motifs is 1. The first kappa shape index (κ1) is 18.7. The second-order valence-electron chi connectivity index (χ2n) is 8.05. The minimum atomic E-state index is -0.252. The summed E-state index contributed by atoms with van der Waals surface area (Å²) in [6.45, 7) is 6.00. The van der Waals surface area contributed by atoms with Crippen LogP contribution >= 0.6 is 0 Å². The van der Waals surface area contributed by atoms with Crippen molar-refractivity contribution in [1.29, 1.82) is 0 Å². The van der Waals surface area contributed by atoms with Crippen LogP contribution in [0, 0.1) is 12.8 Å². The Labute approximate surface area is 164 Å². The molecule has 7 heteroatoms. The summed E-state index contributed by atoms with van der Waals surface area (Å²) >= 11 is 0. The van der Waals surface area contributed by atoms with Crippen molar-refractivity contribution in [2.24, 2.45) is 5.92 Å². The molecule has 3 amide bonds. The van der Waals surface area contributed by atoms with E-state index in [4.69, 9.17) is 4.52 Å². The number of hydrogen-bond donors (Lipinski definition) is 0. The third-order valence-corrected chi connectivity index (χ3v) is 5.74. The van der Waals surface area contributed by atoms with Crippen molar-refractivity contribution < 1.29 is 14.1 Å². The van der Waals surface area contributed by atoms with Gasteiger partial charge in [0.2, 0.25) is 17.6 Å². The summed E-state index contributed by atoms with van der Waals surface area (Å²) < 4.78 is 5.44. The first-order valence-corrected chi connectivity index (χ1v) is 9.99. The van der Waals surface area contributed by atoms with Gasteiger partial charge in [0.1, 0.15) is 6.54 Å².